The van der Waals surface area contributed by atoms with Crippen molar-refractivity contribution in [3.05, 3.63) is 42.5 Å². The Hall–Kier alpha value is -1.28. The van der Waals surface area contributed by atoms with Crippen molar-refractivity contribution in [2.24, 2.45) is 0 Å². The van der Waals surface area contributed by atoms with Crippen LogP contribution in [0.3, 0.4) is 0 Å². The molecule has 0 aromatic heterocycles. The van der Waals surface area contributed by atoms with E-state index < -0.39 is 0 Å². The zero-order valence-corrected chi connectivity index (χ0v) is 12.7. The predicted molar refractivity (Wildman–Crippen MR) is 85.6 cm³/mol. The number of hydrogen-bond donors (Lipinski definition) is 1. The van der Waals surface area contributed by atoms with Crippen LogP contribution in [0, 0.1) is 0 Å². The van der Waals surface area contributed by atoms with Crippen molar-refractivity contribution in [3.8, 4) is 0 Å². The van der Waals surface area contributed by atoms with Gasteiger partial charge in [-0.2, -0.15) is 0 Å². The van der Waals surface area contributed by atoms with Crippen molar-refractivity contribution in [1.82, 2.24) is 4.90 Å². The third kappa shape index (κ3) is 5.48. The van der Waals surface area contributed by atoms with Crippen LogP contribution >= 0.6 is 0 Å². The SMILES string of the molecule is C=CCCC(C)Nc1ccccc1CN(CC)CC. The van der Waals surface area contributed by atoms with Crippen LogP contribution < -0.4 is 5.32 Å². The third-order valence-corrected chi connectivity index (χ3v) is 3.51. The molecule has 1 aromatic carbocycles. The van der Waals surface area contributed by atoms with E-state index in [0.29, 0.717) is 6.04 Å². The summed E-state index contributed by atoms with van der Waals surface area (Å²) >= 11 is 0. The summed E-state index contributed by atoms with van der Waals surface area (Å²) in [5.74, 6) is 0. The molecule has 1 rings (SSSR count). The van der Waals surface area contributed by atoms with Gasteiger partial charge in [0.05, 0.1) is 0 Å². The maximum Gasteiger partial charge on any atom is 0.0387 e. The zero-order chi connectivity index (χ0) is 14.1. The average Bonchev–Trinajstić information content (AvgIpc) is 2.44. The molecular weight excluding hydrogens is 232 g/mol. The van der Waals surface area contributed by atoms with E-state index in [9.17, 15) is 0 Å². The lowest BCUT2D eigenvalue weighted by Gasteiger charge is -2.22. The van der Waals surface area contributed by atoms with E-state index in [1.165, 1.54) is 11.3 Å². The van der Waals surface area contributed by atoms with E-state index in [0.717, 1.165) is 32.5 Å². The molecule has 0 radical (unpaired) electrons. The monoisotopic (exact) mass is 260 g/mol. The fourth-order valence-corrected chi connectivity index (χ4v) is 2.19. The number of allylic oxidation sites excluding steroid dienone is 1. The normalized spacial score (nSPS) is 12.4. The Morgan fingerprint density at radius 3 is 2.58 bits per heavy atom. The highest BCUT2D eigenvalue weighted by molar-refractivity contribution is 5.51. The first-order valence-electron chi connectivity index (χ1n) is 7.38. The zero-order valence-electron chi connectivity index (χ0n) is 12.7. The molecule has 0 spiro atoms. The van der Waals surface area contributed by atoms with E-state index in [1.807, 2.05) is 6.08 Å². The van der Waals surface area contributed by atoms with Crippen LogP contribution in [-0.4, -0.2) is 24.0 Å². The molecule has 106 valence electrons. The van der Waals surface area contributed by atoms with Crippen LogP contribution in [0.2, 0.25) is 0 Å². The van der Waals surface area contributed by atoms with Gasteiger partial charge in [-0.25, -0.2) is 0 Å². The van der Waals surface area contributed by atoms with Crippen molar-refractivity contribution in [2.75, 3.05) is 18.4 Å². The maximum absolute atomic E-state index is 3.78. The van der Waals surface area contributed by atoms with Gasteiger partial charge < -0.3 is 5.32 Å². The van der Waals surface area contributed by atoms with Crippen LogP contribution in [0.25, 0.3) is 0 Å². The summed E-state index contributed by atoms with van der Waals surface area (Å²) in [7, 11) is 0. The number of para-hydroxylation sites is 1. The first kappa shape index (κ1) is 15.8. The van der Waals surface area contributed by atoms with E-state index in [1.54, 1.807) is 0 Å². The van der Waals surface area contributed by atoms with Crippen molar-refractivity contribution >= 4 is 5.69 Å². The summed E-state index contributed by atoms with van der Waals surface area (Å²) in [5, 5.41) is 3.62. The molecule has 0 saturated carbocycles. The van der Waals surface area contributed by atoms with Gasteiger partial charge in [-0.15, -0.1) is 6.58 Å². The van der Waals surface area contributed by atoms with Gasteiger partial charge in [-0.05, 0) is 44.5 Å². The lowest BCUT2D eigenvalue weighted by Crippen LogP contribution is -2.23. The smallest absolute Gasteiger partial charge is 0.0387 e. The first-order chi connectivity index (χ1) is 9.21. The molecule has 0 fully saturated rings. The molecule has 0 heterocycles. The van der Waals surface area contributed by atoms with Gasteiger partial charge in [0, 0.05) is 18.3 Å². The highest BCUT2D eigenvalue weighted by Crippen LogP contribution is 2.19. The van der Waals surface area contributed by atoms with Gasteiger partial charge in [0.1, 0.15) is 0 Å². The molecule has 1 aromatic rings. The molecule has 0 aliphatic carbocycles. The molecule has 0 aliphatic heterocycles. The second-order valence-electron chi connectivity index (χ2n) is 5.03. The molecule has 0 aliphatic rings. The molecule has 19 heavy (non-hydrogen) atoms. The van der Waals surface area contributed by atoms with Gasteiger partial charge >= 0.3 is 0 Å². The number of anilines is 1. The fraction of sp³-hybridized carbons (Fsp3) is 0.529. The fourth-order valence-electron chi connectivity index (χ4n) is 2.19. The molecule has 0 saturated heterocycles. The Morgan fingerprint density at radius 1 is 1.26 bits per heavy atom. The molecule has 1 atom stereocenters. The minimum atomic E-state index is 0.482. The lowest BCUT2D eigenvalue weighted by molar-refractivity contribution is 0.296. The second kappa shape index (κ2) is 8.76. The van der Waals surface area contributed by atoms with Gasteiger partial charge in [0.2, 0.25) is 0 Å². The molecule has 1 unspecified atom stereocenters. The highest BCUT2D eigenvalue weighted by atomic mass is 15.1. The predicted octanol–water partition coefficient (Wildman–Crippen LogP) is 4.30. The van der Waals surface area contributed by atoms with Crippen LogP contribution in [0.15, 0.2) is 36.9 Å². The minimum absolute atomic E-state index is 0.482. The van der Waals surface area contributed by atoms with E-state index in [4.69, 9.17) is 0 Å². The van der Waals surface area contributed by atoms with Crippen molar-refractivity contribution in [1.29, 1.82) is 0 Å². The molecule has 0 bridgehead atoms. The largest absolute Gasteiger partial charge is 0.382 e. The Morgan fingerprint density at radius 2 is 1.95 bits per heavy atom. The van der Waals surface area contributed by atoms with Crippen LogP contribution in [-0.2, 0) is 6.54 Å². The Bertz CT molecular complexity index is 369. The van der Waals surface area contributed by atoms with Gasteiger partial charge in [0.15, 0.2) is 0 Å². The van der Waals surface area contributed by atoms with Crippen LogP contribution in [0.5, 0.6) is 0 Å². The number of nitrogens with one attached hydrogen (secondary N) is 1. The summed E-state index contributed by atoms with van der Waals surface area (Å²) in [4.78, 5) is 2.44. The molecule has 0 amide bonds. The third-order valence-electron chi connectivity index (χ3n) is 3.51. The second-order valence-corrected chi connectivity index (χ2v) is 5.03. The quantitative estimate of drug-likeness (QED) is 0.666. The summed E-state index contributed by atoms with van der Waals surface area (Å²) < 4.78 is 0. The summed E-state index contributed by atoms with van der Waals surface area (Å²) in [6, 6.07) is 9.12. The minimum Gasteiger partial charge on any atom is -0.382 e. The maximum atomic E-state index is 3.78. The van der Waals surface area contributed by atoms with Gasteiger partial charge in [-0.3, -0.25) is 4.90 Å². The number of rotatable bonds is 9. The lowest BCUT2D eigenvalue weighted by atomic mass is 10.1. The number of benzene rings is 1. The van der Waals surface area contributed by atoms with Crippen molar-refractivity contribution in [2.45, 2.75) is 46.2 Å². The standard InChI is InChI=1S/C17H28N2/c1-5-8-11-15(4)18-17-13-10-9-12-16(17)14-19(6-2)7-3/h5,9-10,12-13,15,18H,1,6-8,11,14H2,2-4H3. The van der Waals surface area contributed by atoms with Crippen molar-refractivity contribution < 1.29 is 0 Å². The average molecular weight is 260 g/mol. The summed E-state index contributed by atoms with van der Waals surface area (Å²) in [5.41, 5.74) is 2.66. The molecule has 1 N–H and O–H groups in total. The summed E-state index contributed by atoms with van der Waals surface area (Å²) in [6.07, 6.45) is 4.18. The van der Waals surface area contributed by atoms with E-state index in [2.05, 4.69) is 61.8 Å². The highest BCUT2D eigenvalue weighted by Gasteiger charge is 2.08. The summed E-state index contributed by atoms with van der Waals surface area (Å²) in [6.45, 7) is 13.7. The van der Waals surface area contributed by atoms with Crippen LogP contribution in [0.1, 0.15) is 39.2 Å². The molecular formula is C17H28N2. The number of nitrogens with zero attached hydrogens (tertiary/aromatic N) is 1. The van der Waals surface area contributed by atoms with Gasteiger partial charge in [0.25, 0.3) is 0 Å². The Labute approximate surface area is 118 Å². The number of hydrogen-bond acceptors (Lipinski definition) is 2. The first-order valence-corrected chi connectivity index (χ1v) is 7.38. The van der Waals surface area contributed by atoms with E-state index in [-0.39, 0.29) is 0 Å². The van der Waals surface area contributed by atoms with Crippen molar-refractivity contribution in [3.63, 3.8) is 0 Å². The molecule has 2 heteroatoms. The van der Waals surface area contributed by atoms with Gasteiger partial charge in [-0.1, -0.05) is 38.1 Å². The molecule has 2 nitrogen and oxygen atoms in total. The topological polar surface area (TPSA) is 15.3 Å². The Kier molecular flexibility index (Phi) is 7.27. The van der Waals surface area contributed by atoms with E-state index >= 15 is 0 Å². The Balaban J connectivity index is 2.69. The van der Waals surface area contributed by atoms with Crippen LogP contribution in [0.4, 0.5) is 5.69 Å².